The molecule has 172 valence electrons. The Hall–Kier alpha value is -1.18. The number of ether oxygens (including phenoxy) is 1. The Morgan fingerprint density at radius 3 is 2.77 bits per heavy atom. The van der Waals surface area contributed by atoms with E-state index in [-0.39, 0.29) is 36.8 Å². The molecule has 1 aliphatic carbocycles. The van der Waals surface area contributed by atoms with Crippen LogP contribution in [0.2, 0.25) is 0 Å². The number of carbonyl (C=O) groups is 1. The highest BCUT2D eigenvalue weighted by atomic mass is 35.5. The molecule has 31 heavy (non-hydrogen) atoms. The Bertz CT molecular complexity index is 879. The molecule has 5 nitrogen and oxygen atoms in total. The van der Waals surface area contributed by atoms with Crippen molar-refractivity contribution in [2.75, 3.05) is 37.7 Å². The summed E-state index contributed by atoms with van der Waals surface area (Å²) in [6, 6.07) is 10.2. The van der Waals surface area contributed by atoms with Crippen LogP contribution < -0.4 is 11.1 Å². The van der Waals surface area contributed by atoms with E-state index < -0.39 is 0 Å². The number of rotatable bonds is 8. The van der Waals surface area contributed by atoms with Gasteiger partial charge in [-0.05, 0) is 60.3 Å². The third kappa shape index (κ3) is 6.20. The van der Waals surface area contributed by atoms with Gasteiger partial charge in [0.2, 0.25) is 0 Å². The van der Waals surface area contributed by atoms with E-state index in [1.807, 2.05) is 35.2 Å². The molecule has 0 bridgehead atoms. The molecular formula is C23H33Cl2N3O2S. The van der Waals surface area contributed by atoms with Crippen molar-refractivity contribution in [1.82, 2.24) is 10.2 Å². The molecule has 8 heteroatoms. The van der Waals surface area contributed by atoms with Gasteiger partial charge in [-0.3, -0.25) is 4.79 Å². The maximum atomic E-state index is 13.9. The van der Waals surface area contributed by atoms with E-state index in [0.717, 1.165) is 60.0 Å². The number of carbonyl (C=O) groups excluding carboxylic acids is 1. The van der Waals surface area contributed by atoms with Crippen molar-refractivity contribution in [3.63, 3.8) is 0 Å². The minimum absolute atomic E-state index is 0. The SMILES string of the molecule is Cl.Cl.Nc1cc2ccccc2c(C(=O)N2CCNC[C@@H]2CCOC2CC2)c1CCCS. The van der Waals surface area contributed by atoms with Gasteiger partial charge in [-0.2, -0.15) is 12.6 Å². The number of amides is 1. The fraction of sp³-hybridized carbons (Fsp3) is 0.522. The molecular weight excluding hydrogens is 453 g/mol. The molecule has 2 aromatic carbocycles. The molecule has 2 aliphatic rings. The largest absolute Gasteiger partial charge is 0.398 e. The Labute approximate surface area is 202 Å². The molecule has 1 aliphatic heterocycles. The third-order valence-electron chi connectivity index (χ3n) is 5.93. The van der Waals surface area contributed by atoms with Gasteiger partial charge in [0.05, 0.1) is 11.7 Å². The number of nitrogens with zero attached hydrogens (tertiary/aromatic N) is 1. The van der Waals surface area contributed by atoms with Crippen molar-refractivity contribution in [3.05, 3.63) is 41.5 Å². The normalized spacial score (nSPS) is 18.4. The molecule has 2 aromatic rings. The number of nitrogen functional groups attached to an aromatic ring is 1. The first-order valence-electron chi connectivity index (χ1n) is 10.7. The first-order valence-corrected chi connectivity index (χ1v) is 11.4. The van der Waals surface area contributed by atoms with Crippen LogP contribution in [0, 0.1) is 0 Å². The summed E-state index contributed by atoms with van der Waals surface area (Å²) in [4.78, 5) is 15.9. The van der Waals surface area contributed by atoms with Gasteiger partial charge in [0.15, 0.2) is 0 Å². The minimum Gasteiger partial charge on any atom is -0.398 e. The molecule has 4 rings (SSSR count). The van der Waals surface area contributed by atoms with Crippen LogP contribution >= 0.6 is 37.4 Å². The first-order chi connectivity index (χ1) is 14.2. The summed E-state index contributed by atoms with van der Waals surface area (Å²) in [6.07, 6.45) is 5.32. The molecule has 3 N–H and O–H groups in total. The molecule has 1 saturated carbocycles. The molecule has 1 atom stereocenters. The highest BCUT2D eigenvalue weighted by molar-refractivity contribution is 7.80. The molecule has 1 amide bonds. The number of piperazine rings is 1. The number of thiol groups is 1. The van der Waals surface area contributed by atoms with Gasteiger partial charge in [0.25, 0.3) is 5.91 Å². The van der Waals surface area contributed by atoms with Gasteiger partial charge < -0.3 is 20.7 Å². The van der Waals surface area contributed by atoms with Gasteiger partial charge >= 0.3 is 0 Å². The first kappa shape index (κ1) is 26.1. The number of halogens is 2. The molecule has 1 saturated heterocycles. The maximum Gasteiger partial charge on any atom is 0.255 e. The Balaban J connectivity index is 0.00000171. The molecule has 0 radical (unpaired) electrons. The monoisotopic (exact) mass is 485 g/mol. The second kappa shape index (κ2) is 12.2. The summed E-state index contributed by atoms with van der Waals surface area (Å²) in [7, 11) is 0. The number of anilines is 1. The number of benzene rings is 2. The number of nitrogens with one attached hydrogen (secondary N) is 1. The number of fused-ring (bicyclic) bond motifs is 1. The Kier molecular flexibility index (Phi) is 10.2. The number of nitrogens with two attached hydrogens (primary N) is 1. The van der Waals surface area contributed by atoms with E-state index in [1.165, 1.54) is 12.8 Å². The fourth-order valence-electron chi connectivity index (χ4n) is 4.22. The van der Waals surface area contributed by atoms with Crippen LogP contribution in [-0.4, -0.2) is 54.9 Å². The van der Waals surface area contributed by atoms with Gasteiger partial charge in [0.1, 0.15) is 0 Å². The van der Waals surface area contributed by atoms with Crippen LogP contribution in [-0.2, 0) is 11.2 Å². The quantitative estimate of drug-likeness (QED) is 0.388. The van der Waals surface area contributed by atoms with Crippen LogP contribution in [0.1, 0.15) is 41.6 Å². The zero-order valence-electron chi connectivity index (χ0n) is 17.7. The molecule has 0 aromatic heterocycles. The summed E-state index contributed by atoms with van der Waals surface area (Å²) in [5.74, 6) is 0.870. The second-order valence-electron chi connectivity index (χ2n) is 8.08. The molecule has 0 unspecified atom stereocenters. The molecule has 2 fully saturated rings. The van der Waals surface area contributed by atoms with Crippen LogP contribution in [0.4, 0.5) is 5.69 Å². The van der Waals surface area contributed by atoms with Crippen molar-refractivity contribution >= 4 is 59.8 Å². The summed E-state index contributed by atoms with van der Waals surface area (Å²) < 4.78 is 5.86. The fourth-order valence-corrected chi connectivity index (χ4v) is 4.37. The molecule has 0 spiro atoms. The van der Waals surface area contributed by atoms with E-state index in [4.69, 9.17) is 10.5 Å². The Morgan fingerprint density at radius 1 is 1.26 bits per heavy atom. The maximum absolute atomic E-state index is 13.9. The second-order valence-corrected chi connectivity index (χ2v) is 8.53. The lowest BCUT2D eigenvalue weighted by atomic mass is 9.92. The lowest BCUT2D eigenvalue weighted by Crippen LogP contribution is -2.54. The van der Waals surface area contributed by atoms with Gasteiger partial charge in [0, 0.05) is 38.0 Å². The van der Waals surface area contributed by atoms with Crippen molar-refractivity contribution < 1.29 is 9.53 Å². The number of hydrogen-bond donors (Lipinski definition) is 3. The smallest absolute Gasteiger partial charge is 0.255 e. The van der Waals surface area contributed by atoms with E-state index in [0.29, 0.717) is 24.9 Å². The molecule has 1 heterocycles. The van der Waals surface area contributed by atoms with E-state index >= 15 is 0 Å². The topological polar surface area (TPSA) is 67.6 Å². The zero-order valence-corrected chi connectivity index (χ0v) is 20.2. The van der Waals surface area contributed by atoms with Gasteiger partial charge in [-0.15, -0.1) is 24.8 Å². The Morgan fingerprint density at radius 2 is 2.03 bits per heavy atom. The minimum atomic E-state index is 0. The van der Waals surface area contributed by atoms with Crippen molar-refractivity contribution in [2.24, 2.45) is 0 Å². The van der Waals surface area contributed by atoms with Gasteiger partial charge in [-0.25, -0.2) is 0 Å². The average Bonchev–Trinajstić information content (AvgIpc) is 3.56. The highest BCUT2D eigenvalue weighted by Gasteiger charge is 2.31. The van der Waals surface area contributed by atoms with Crippen molar-refractivity contribution in [2.45, 2.75) is 44.2 Å². The van der Waals surface area contributed by atoms with Crippen LogP contribution in [0.5, 0.6) is 0 Å². The average molecular weight is 487 g/mol. The zero-order chi connectivity index (χ0) is 20.2. The lowest BCUT2D eigenvalue weighted by molar-refractivity contribution is 0.0526. The third-order valence-corrected chi connectivity index (χ3v) is 6.25. The van der Waals surface area contributed by atoms with E-state index in [1.54, 1.807) is 0 Å². The summed E-state index contributed by atoms with van der Waals surface area (Å²) in [5.41, 5.74) is 8.87. The predicted octanol–water partition coefficient (Wildman–Crippen LogP) is 4.11. The van der Waals surface area contributed by atoms with Crippen LogP contribution in [0.15, 0.2) is 30.3 Å². The van der Waals surface area contributed by atoms with E-state index in [9.17, 15) is 4.79 Å². The van der Waals surface area contributed by atoms with Crippen molar-refractivity contribution in [1.29, 1.82) is 0 Å². The summed E-state index contributed by atoms with van der Waals surface area (Å²) in [6.45, 7) is 3.05. The predicted molar refractivity (Wildman–Crippen MR) is 136 cm³/mol. The summed E-state index contributed by atoms with van der Waals surface area (Å²) >= 11 is 4.36. The van der Waals surface area contributed by atoms with Gasteiger partial charge in [-0.1, -0.05) is 24.3 Å². The van der Waals surface area contributed by atoms with Crippen molar-refractivity contribution in [3.8, 4) is 0 Å². The van der Waals surface area contributed by atoms with Crippen LogP contribution in [0.3, 0.4) is 0 Å². The number of hydrogen-bond acceptors (Lipinski definition) is 5. The lowest BCUT2D eigenvalue weighted by Gasteiger charge is -2.37. The highest BCUT2D eigenvalue weighted by Crippen LogP contribution is 2.31. The van der Waals surface area contributed by atoms with Crippen LogP contribution in [0.25, 0.3) is 10.8 Å². The summed E-state index contributed by atoms with van der Waals surface area (Å²) in [5, 5.41) is 5.45. The standard InChI is InChI=1S/C23H31N3O2S.2ClH/c24-21-14-16-4-1-2-5-19(16)22(20(21)6-3-13-29)23(27)26-11-10-25-15-17(26)9-12-28-18-7-8-18;;/h1-2,4-5,14,17-18,25,29H,3,6-13,15,24H2;2*1H/t17-;;/m0../s1. The van der Waals surface area contributed by atoms with E-state index in [2.05, 4.69) is 17.9 Å².